The molecule has 2 N–H and O–H groups in total. The standard InChI is InChI=1S/C13H8ClFN2O3/c14-9-6-8(1-2-10(9)15)17-12(18)7-3-4-16-11(5-7)13(19)20/h1-6H,(H,17,18)(H,19,20). The van der Waals surface area contributed by atoms with Gasteiger partial charge in [-0.25, -0.2) is 14.2 Å². The van der Waals surface area contributed by atoms with Crippen molar-refractivity contribution in [3.05, 3.63) is 58.6 Å². The summed E-state index contributed by atoms with van der Waals surface area (Å²) in [4.78, 5) is 26.3. The molecule has 0 fully saturated rings. The first-order valence-corrected chi connectivity index (χ1v) is 5.81. The van der Waals surface area contributed by atoms with E-state index in [9.17, 15) is 14.0 Å². The van der Waals surface area contributed by atoms with Gasteiger partial charge in [0.2, 0.25) is 0 Å². The smallest absolute Gasteiger partial charge is 0.354 e. The van der Waals surface area contributed by atoms with Gasteiger partial charge >= 0.3 is 5.97 Å². The molecule has 2 rings (SSSR count). The number of aromatic nitrogens is 1. The fourth-order valence-corrected chi connectivity index (χ4v) is 1.65. The second kappa shape index (κ2) is 5.66. The maximum absolute atomic E-state index is 13.0. The molecule has 0 aliphatic rings. The van der Waals surface area contributed by atoms with Crippen LogP contribution < -0.4 is 5.32 Å². The van der Waals surface area contributed by atoms with Crippen LogP contribution in [0.25, 0.3) is 0 Å². The van der Waals surface area contributed by atoms with Crippen LogP contribution in [-0.2, 0) is 0 Å². The molecule has 0 bridgehead atoms. The van der Waals surface area contributed by atoms with E-state index in [0.717, 1.165) is 12.1 Å². The second-order valence-corrected chi connectivity index (χ2v) is 4.23. The Hall–Kier alpha value is -2.47. The first-order valence-electron chi connectivity index (χ1n) is 5.43. The van der Waals surface area contributed by atoms with Crippen molar-refractivity contribution in [2.24, 2.45) is 0 Å². The number of pyridine rings is 1. The number of carbonyl (C=O) groups excluding carboxylic acids is 1. The molecule has 2 aromatic rings. The lowest BCUT2D eigenvalue weighted by atomic mass is 10.2. The fraction of sp³-hybridized carbons (Fsp3) is 0. The average molecular weight is 295 g/mol. The summed E-state index contributed by atoms with van der Waals surface area (Å²) in [5.41, 5.74) is 0.183. The highest BCUT2D eigenvalue weighted by Gasteiger charge is 2.11. The fourth-order valence-electron chi connectivity index (χ4n) is 1.47. The molecule has 1 aromatic heterocycles. The van der Waals surface area contributed by atoms with Gasteiger partial charge in [0, 0.05) is 17.4 Å². The van der Waals surface area contributed by atoms with E-state index in [2.05, 4.69) is 10.3 Å². The van der Waals surface area contributed by atoms with Crippen molar-refractivity contribution in [2.75, 3.05) is 5.32 Å². The summed E-state index contributed by atoms with van der Waals surface area (Å²) >= 11 is 5.60. The number of nitrogens with zero attached hydrogens (tertiary/aromatic N) is 1. The van der Waals surface area contributed by atoms with E-state index in [0.29, 0.717) is 5.69 Å². The van der Waals surface area contributed by atoms with Gasteiger partial charge in [-0.15, -0.1) is 0 Å². The number of halogens is 2. The van der Waals surface area contributed by atoms with Gasteiger partial charge in [-0.05, 0) is 30.3 Å². The van der Waals surface area contributed by atoms with Crippen molar-refractivity contribution in [1.29, 1.82) is 0 Å². The Morgan fingerprint density at radius 2 is 2.00 bits per heavy atom. The molecule has 0 aliphatic heterocycles. The van der Waals surface area contributed by atoms with Crippen molar-refractivity contribution < 1.29 is 19.1 Å². The number of anilines is 1. The number of benzene rings is 1. The van der Waals surface area contributed by atoms with E-state index in [1.54, 1.807) is 0 Å². The third-order valence-electron chi connectivity index (χ3n) is 2.42. The number of hydrogen-bond donors (Lipinski definition) is 2. The zero-order chi connectivity index (χ0) is 14.7. The summed E-state index contributed by atoms with van der Waals surface area (Å²) in [7, 11) is 0. The molecule has 102 valence electrons. The molecule has 0 unspecified atom stereocenters. The van der Waals surface area contributed by atoms with Crippen molar-refractivity contribution in [3.8, 4) is 0 Å². The molecular weight excluding hydrogens is 287 g/mol. The Bertz CT molecular complexity index is 691. The van der Waals surface area contributed by atoms with Crippen LogP contribution in [0.2, 0.25) is 5.02 Å². The monoisotopic (exact) mass is 294 g/mol. The van der Waals surface area contributed by atoms with Crippen molar-refractivity contribution in [3.63, 3.8) is 0 Å². The number of carboxylic acid groups (broad SMARTS) is 1. The van der Waals surface area contributed by atoms with Gasteiger partial charge in [0.25, 0.3) is 5.91 Å². The Labute approximate surface area is 118 Å². The number of amides is 1. The largest absolute Gasteiger partial charge is 0.477 e. The SMILES string of the molecule is O=C(Nc1ccc(F)c(Cl)c1)c1ccnc(C(=O)O)c1. The minimum atomic E-state index is -1.23. The van der Waals surface area contributed by atoms with Gasteiger partial charge in [0.05, 0.1) is 5.02 Å². The van der Waals surface area contributed by atoms with Crippen LogP contribution in [0.5, 0.6) is 0 Å². The van der Waals surface area contributed by atoms with Gasteiger partial charge in [0.15, 0.2) is 0 Å². The molecule has 5 nitrogen and oxygen atoms in total. The van der Waals surface area contributed by atoms with Crippen LogP contribution in [0.4, 0.5) is 10.1 Å². The molecule has 1 amide bonds. The summed E-state index contributed by atoms with van der Waals surface area (Å²) in [6.45, 7) is 0. The zero-order valence-corrected chi connectivity index (χ0v) is 10.7. The Balaban J connectivity index is 2.21. The second-order valence-electron chi connectivity index (χ2n) is 3.82. The summed E-state index contributed by atoms with van der Waals surface area (Å²) < 4.78 is 13.0. The third kappa shape index (κ3) is 3.10. The minimum Gasteiger partial charge on any atom is -0.477 e. The van der Waals surface area contributed by atoms with Crippen molar-refractivity contribution >= 4 is 29.2 Å². The van der Waals surface area contributed by atoms with Crippen molar-refractivity contribution in [1.82, 2.24) is 4.98 Å². The van der Waals surface area contributed by atoms with E-state index >= 15 is 0 Å². The Morgan fingerprint density at radius 1 is 1.25 bits per heavy atom. The summed E-state index contributed by atoms with van der Waals surface area (Å²) in [6.07, 6.45) is 1.22. The number of carbonyl (C=O) groups is 2. The van der Waals surface area contributed by atoms with Gasteiger partial charge in [0.1, 0.15) is 11.5 Å². The van der Waals surface area contributed by atoms with Gasteiger partial charge in [-0.3, -0.25) is 4.79 Å². The first-order chi connectivity index (χ1) is 9.47. The molecule has 0 aliphatic carbocycles. The molecule has 0 atom stereocenters. The maximum atomic E-state index is 13.0. The van der Waals surface area contributed by atoms with Crippen LogP contribution in [0.15, 0.2) is 36.5 Å². The van der Waals surface area contributed by atoms with Gasteiger partial charge in [-0.2, -0.15) is 0 Å². The lowest BCUT2D eigenvalue weighted by Gasteiger charge is -2.06. The lowest BCUT2D eigenvalue weighted by molar-refractivity contribution is 0.0690. The van der Waals surface area contributed by atoms with E-state index in [1.807, 2.05) is 0 Å². The zero-order valence-electron chi connectivity index (χ0n) is 9.93. The number of hydrogen-bond acceptors (Lipinski definition) is 3. The van der Waals surface area contributed by atoms with Crippen LogP contribution in [0.3, 0.4) is 0 Å². The summed E-state index contributed by atoms with van der Waals surface area (Å²) in [6, 6.07) is 6.23. The molecule has 1 aromatic carbocycles. The highest BCUT2D eigenvalue weighted by molar-refractivity contribution is 6.31. The predicted octanol–water partition coefficient (Wildman–Crippen LogP) is 2.82. The molecule has 0 saturated heterocycles. The number of aromatic carboxylic acids is 1. The first kappa shape index (κ1) is 14.0. The van der Waals surface area contributed by atoms with Gasteiger partial charge in [-0.1, -0.05) is 11.6 Å². The van der Waals surface area contributed by atoms with E-state index in [-0.39, 0.29) is 16.3 Å². The minimum absolute atomic E-state index is 0.122. The molecule has 0 saturated carbocycles. The Kier molecular flexibility index (Phi) is 3.95. The van der Waals surface area contributed by atoms with Crippen LogP contribution in [0, 0.1) is 5.82 Å². The maximum Gasteiger partial charge on any atom is 0.354 e. The quantitative estimate of drug-likeness (QED) is 0.912. The highest BCUT2D eigenvalue weighted by Crippen LogP contribution is 2.19. The number of carboxylic acids is 1. The topological polar surface area (TPSA) is 79.3 Å². The van der Waals surface area contributed by atoms with E-state index in [1.165, 1.54) is 24.4 Å². The van der Waals surface area contributed by atoms with Gasteiger partial charge < -0.3 is 10.4 Å². The van der Waals surface area contributed by atoms with Crippen LogP contribution in [-0.4, -0.2) is 22.0 Å². The summed E-state index contributed by atoms with van der Waals surface area (Å²) in [5.74, 6) is -2.37. The van der Waals surface area contributed by atoms with Crippen LogP contribution >= 0.6 is 11.6 Å². The third-order valence-corrected chi connectivity index (χ3v) is 2.71. The molecule has 0 spiro atoms. The molecule has 0 radical (unpaired) electrons. The number of nitrogens with one attached hydrogen (secondary N) is 1. The average Bonchev–Trinajstić information content (AvgIpc) is 2.43. The molecule has 7 heteroatoms. The lowest BCUT2D eigenvalue weighted by Crippen LogP contribution is -2.13. The molecule has 1 heterocycles. The molecule has 20 heavy (non-hydrogen) atoms. The van der Waals surface area contributed by atoms with Crippen LogP contribution in [0.1, 0.15) is 20.8 Å². The highest BCUT2D eigenvalue weighted by atomic mass is 35.5. The number of rotatable bonds is 3. The predicted molar refractivity (Wildman–Crippen MR) is 70.6 cm³/mol. The normalized spacial score (nSPS) is 10.1. The Morgan fingerprint density at radius 3 is 2.65 bits per heavy atom. The van der Waals surface area contributed by atoms with E-state index < -0.39 is 17.7 Å². The molecular formula is C13H8ClFN2O3. The van der Waals surface area contributed by atoms with Crippen molar-refractivity contribution in [2.45, 2.75) is 0 Å². The van der Waals surface area contributed by atoms with E-state index in [4.69, 9.17) is 16.7 Å². The summed E-state index contributed by atoms with van der Waals surface area (Å²) in [5, 5.41) is 11.2.